The van der Waals surface area contributed by atoms with Gasteiger partial charge in [-0.1, -0.05) is 12.1 Å². The van der Waals surface area contributed by atoms with Crippen molar-refractivity contribution in [3.05, 3.63) is 71.8 Å². The lowest BCUT2D eigenvalue weighted by atomic mass is 9.74. The highest BCUT2D eigenvalue weighted by Gasteiger charge is 2.33. The molecule has 0 amide bonds. The van der Waals surface area contributed by atoms with Crippen molar-refractivity contribution in [2.45, 2.75) is 25.7 Å². The second-order valence-electron chi connectivity index (χ2n) is 9.60. The Morgan fingerprint density at radius 3 is 2.82 bits per heavy atom. The van der Waals surface area contributed by atoms with E-state index in [2.05, 4.69) is 82.4 Å². The van der Waals surface area contributed by atoms with Crippen molar-refractivity contribution in [1.82, 2.24) is 24.3 Å². The van der Waals surface area contributed by atoms with Crippen LogP contribution in [0, 0.1) is 12.8 Å². The monoisotopic (exact) mass is 468 g/mol. The molecule has 1 N–H and O–H groups in total. The fraction of sp³-hybridized carbons (Fsp3) is 0.296. The summed E-state index contributed by atoms with van der Waals surface area (Å²) in [4.78, 5) is 17.8. The first kappa shape index (κ1) is 21.3. The summed E-state index contributed by atoms with van der Waals surface area (Å²) in [6.45, 7) is 3.30. The molecule has 5 aromatic rings. The molecule has 1 aliphatic carbocycles. The number of fused-ring (bicyclic) bond motifs is 2. The molecule has 0 saturated heterocycles. The summed E-state index contributed by atoms with van der Waals surface area (Å²) >= 11 is 1.72. The van der Waals surface area contributed by atoms with Crippen molar-refractivity contribution in [1.29, 1.82) is 0 Å². The van der Waals surface area contributed by atoms with E-state index in [0.717, 1.165) is 46.5 Å². The van der Waals surface area contributed by atoms with Crippen LogP contribution in [-0.4, -0.2) is 44.9 Å². The number of nitrogens with one attached hydrogen (secondary N) is 1. The van der Waals surface area contributed by atoms with E-state index in [4.69, 9.17) is 9.97 Å². The molecule has 0 bridgehead atoms. The number of aryl methyl sites for hydroxylation is 1. The second-order valence-corrected chi connectivity index (χ2v) is 10.6. The van der Waals surface area contributed by atoms with Gasteiger partial charge in [0.1, 0.15) is 11.3 Å². The first-order valence-electron chi connectivity index (χ1n) is 11.7. The highest BCUT2D eigenvalue weighted by atomic mass is 32.1. The number of rotatable bonds is 6. The summed E-state index contributed by atoms with van der Waals surface area (Å²) < 4.78 is 2.20. The van der Waals surface area contributed by atoms with Crippen LogP contribution in [0.15, 0.2) is 60.4 Å². The standard InChI is InChI=1S/C27H28N6S/c1-17-11-23(25-5-4-10-34-25)31-22-14-20(6-7-21(17)22)30-26-24-15-29-27(33(24)9-8-28-26)19-12-18(13-19)16-32(2)3/h4-11,14-15,18-19H,12-13,16H2,1-3H3,(H,28,30). The molecular weight excluding hydrogens is 440 g/mol. The van der Waals surface area contributed by atoms with Gasteiger partial charge in [-0.15, -0.1) is 11.3 Å². The Labute approximate surface area is 203 Å². The first-order chi connectivity index (χ1) is 16.5. The smallest absolute Gasteiger partial charge is 0.156 e. The molecular formula is C27H28N6S. The van der Waals surface area contributed by atoms with E-state index in [-0.39, 0.29) is 0 Å². The molecule has 0 aliphatic heterocycles. The Morgan fingerprint density at radius 1 is 1.15 bits per heavy atom. The minimum atomic E-state index is 0.520. The number of thiophene rings is 1. The van der Waals surface area contributed by atoms with Crippen molar-refractivity contribution >= 4 is 39.3 Å². The molecule has 0 radical (unpaired) electrons. The predicted molar refractivity (Wildman–Crippen MR) is 140 cm³/mol. The number of hydrogen-bond acceptors (Lipinski definition) is 6. The van der Waals surface area contributed by atoms with Crippen LogP contribution < -0.4 is 5.32 Å². The fourth-order valence-corrected chi connectivity index (χ4v) is 5.81. The zero-order valence-corrected chi connectivity index (χ0v) is 20.5. The third kappa shape index (κ3) is 3.85. The van der Waals surface area contributed by atoms with Gasteiger partial charge in [0.25, 0.3) is 0 Å². The molecule has 7 heteroatoms. The van der Waals surface area contributed by atoms with E-state index < -0.39 is 0 Å². The Bertz CT molecular complexity index is 1460. The number of aromatic nitrogens is 4. The quantitative estimate of drug-likeness (QED) is 0.326. The van der Waals surface area contributed by atoms with Crippen molar-refractivity contribution in [3.8, 4) is 10.6 Å². The molecule has 1 fully saturated rings. The van der Waals surface area contributed by atoms with Gasteiger partial charge < -0.3 is 10.2 Å². The van der Waals surface area contributed by atoms with E-state index in [1.165, 1.54) is 28.7 Å². The van der Waals surface area contributed by atoms with Gasteiger partial charge >= 0.3 is 0 Å². The lowest BCUT2D eigenvalue weighted by Crippen LogP contribution is -2.32. The van der Waals surface area contributed by atoms with Gasteiger partial charge in [-0.25, -0.2) is 15.0 Å². The molecule has 6 nitrogen and oxygen atoms in total. The van der Waals surface area contributed by atoms with Crippen LogP contribution in [0.1, 0.15) is 30.1 Å². The minimum Gasteiger partial charge on any atom is -0.338 e. The third-order valence-electron chi connectivity index (χ3n) is 6.76. The molecule has 1 saturated carbocycles. The second kappa shape index (κ2) is 8.49. The average molecular weight is 469 g/mol. The van der Waals surface area contributed by atoms with Crippen molar-refractivity contribution in [3.63, 3.8) is 0 Å². The average Bonchev–Trinajstić information content (AvgIpc) is 3.47. The number of imidazole rings is 1. The minimum absolute atomic E-state index is 0.520. The van der Waals surface area contributed by atoms with E-state index in [0.29, 0.717) is 5.92 Å². The molecule has 6 rings (SSSR count). The lowest BCUT2D eigenvalue weighted by Gasteiger charge is -2.36. The van der Waals surface area contributed by atoms with Crippen molar-refractivity contribution < 1.29 is 0 Å². The third-order valence-corrected chi connectivity index (χ3v) is 7.66. The van der Waals surface area contributed by atoms with E-state index >= 15 is 0 Å². The highest BCUT2D eigenvalue weighted by molar-refractivity contribution is 7.13. The fourth-order valence-electron chi connectivity index (χ4n) is 5.13. The van der Waals surface area contributed by atoms with Crippen LogP contribution in [-0.2, 0) is 0 Å². The zero-order chi connectivity index (χ0) is 23.2. The van der Waals surface area contributed by atoms with Crippen LogP contribution in [0.4, 0.5) is 11.5 Å². The summed E-state index contributed by atoms with van der Waals surface area (Å²) in [5, 5.41) is 6.78. The normalized spacial score (nSPS) is 18.0. The molecule has 4 heterocycles. The molecule has 172 valence electrons. The number of nitrogens with zero attached hydrogens (tertiary/aromatic N) is 5. The van der Waals surface area contributed by atoms with Gasteiger partial charge in [0.15, 0.2) is 5.82 Å². The molecule has 1 aromatic carbocycles. The Balaban J connectivity index is 1.29. The molecule has 0 spiro atoms. The molecule has 0 unspecified atom stereocenters. The topological polar surface area (TPSA) is 58.4 Å². The Kier molecular flexibility index (Phi) is 5.31. The van der Waals surface area contributed by atoms with Crippen molar-refractivity contribution in [2.75, 3.05) is 26.0 Å². The van der Waals surface area contributed by atoms with Gasteiger partial charge in [0, 0.05) is 35.9 Å². The van der Waals surface area contributed by atoms with Crippen LogP contribution in [0.5, 0.6) is 0 Å². The van der Waals surface area contributed by atoms with E-state index in [1.807, 2.05) is 18.6 Å². The summed E-state index contributed by atoms with van der Waals surface area (Å²) in [6, 6.07) is 12.7. The lowest BCUT2D eigenvalue weighted by molar-refractivity contribution is 0.194. The maximum absolute atomic E-state index is 4.95. The molecule has 34 heavy (non-hydrogen) atoms. The van der Waals surface area contributed by atoms with Gasteiger partial charge in [0.05, 0.1) is 22.3 Å². The maximum atomic E-state index is 4.95. The molecule has 1 aliphatic rings. The maximum Gasteiger partial charge on any atom is 0.156 e. The summed E-state index contributed by atoms with van der Waals surface area (Å²) in [7, 11) is 4.29. The van der Waals surface area contributed by atoms with E-state index in [1.54, 1.807) is 11.3 Å². The number of anilines is 2. The van der Waals surface area contributed by atoms with E-state index in [9.17, 15) is 0 Å². The van der Waals surface area contributed by atoms with Gasteiger partial charge in [-0.2, -0.15) is 0 Å². The zero-order valence-electron chi connectivity index (χ0n) is 19.7. The largest absolute Gasteiger partial charge is 0.338 e. The van der Waals surface area contributed by atoms with Crippen LogP contribution in [0.3, 0.4) is 0 Å². The number of hydrogen-bond donors (Lipinski definition) is 1. The van der Waals surface area contributed by atoms with Crippen LogP contribution in [0.2, 0.25) is 0 Å². The van der Waals surface area contributed by atoms with Crippen LogP contribution >= 0.6 is 11.3 Å². The van der Waals surface area contributed by atoms with Gasteiger partial charge in [-0.05, 0) is 75.0 Å². The number of pyridine rings is 1. The Hall–Kier alpha value is -3.29. The Morgan fingerprint density at radius 2 is 2.03 bits per heavy atom. The summed E-state index contributed by atoms with van der Waals surface area (Å²) in [5.41, 5.74) is 5.21. The summed E-state index contributed by atoms with van der Waals surface area (Å²) in [5.74, 6) is 3.24. The number of benzene rings is 1. The van der Waals surface area contributed by atoms with Crippen LogP contribution in [0.25, 0.3) is 27.0 Å². The molecule has 0 atom stereocenters. The summed E-state index contributed by atoms with van der Waals surface area (Å²) in [6.07, 6.45) is 8.23. The van der Waals surface area contributed by atoms with Crippen molar-refractivity contribution in [2.24, 2.45) is 5.92 Å². The molecule has 4 aromatic heterocycles. The first-order valence-corrected chi connectivity index (χ1v) is 12.6. The highest BCUT2D eigenvalue weighted by Crippen LogP contribution is 2.41. The predicted octanol–water partition coefficient (Wildman–Crippen LogP) is 6.11. The van der Waals surface area contributed by atoms with Gasteiger partial charge in [-0.3, -0.25) is 4.40 Å². The SMILES string of the molecule is Cc1cc(-c2cccs2)nc2cc(Nc3nccn4c(C5CC(CN(C)C)C5)ncc34)ccc12. The van der Waals surface area contributed by atoms with Gasteiger partial charge in [0.2, 0.25) is 0 Å².